The number of carbonyl (C=O) groups excluding carboxylic acids is 2. The van der Waals surface area contributed by atoms with Crippen LogP contribution in [0.4, 0.5) is 4.79 Å². The van der Waals surface area contributed by atoms with Gasteiger partial charge >= 0.3 is 12.0 Å². The molecule has 0 aliphatic heterocycles. The van der Waals surface area contributed by atoms with Gasteiger partial charge in [-0.3, -0.25) is 9.59 Å². The van der Waals surface area contributed by atoms with Crippen molar-refractivity contribution in [3.8, 4) is 0 Å². The summed E-state index contributed by atoms with van der Waals surface area (Å²) in [6.07, 6.45) is 0.872. The van der Waals surface area contributed by atoms with Crippen LogP contribution in [0.5, 0.6) is 0 Å². The molecule has 0 aromatic rings. The number of hydrogen-bond donors (Lipinski definition) is 4. The molecular weight excluding hydrogens is 258 g/mol. The van der Waals surface area contributed by atoms with Gasteiger partial charge in [0, 0.05) is 6.54 Å². The topological polar surface area (TPSA) is 108 Å². The maximum Gasteiger partial charge on any atom is 0.322 e. The van der Waals surface area contributed by atoms with Gasteiger partial charge in [0.15, 0.2) is 0 Å². The first-order valence-electron chi connectivity index (χ1n) is 5.64. The minimum atomic E-state index is -1.12. The minimum Gasteiger partial charge on any atom is -0.480 e. The number of amides is 3. The molecule has 0 aliphatic carbocycles. The monoisotopic (exact) mass is 277 g/mol. The van der Waals surface area contributed by atoms with E-state index in [-0.39, 0.29) is 6.54 Å². The number of aliphatic carboxylic acids is 1. The number of carboxylic acids is 1. The predicted molar refractivity (Wildman–Crippen MR) is 69.7 cm³/mol. The Bertz CT molecular complexity index is 286. The second kappa shape index (κ2) is 10.7. The van der Waals surface area contributed by atoms with Crippen molar-refractivity contribution in [1.29, 1.82) is 0 Å². The van der Waals surface area contributed by atoms with Crippen molar-refractivity contribution in [1.82, 2.24) is 16.0 Å². The van der Waals surface area contributed by atoms with Gasteiger partial charge in [-0.15, -0.1) is 0 Å². The fraction of sp³-hybridized carbons (Fsp3) is 0.700. The first-order chi connectivity index (χ1) is 8.56. The fourth-order valence-corrected chi connectivity index (χ4v) is 1.62. The summed E-state index contributed by atoms with van der Waals surface area (Å²) in [5.41, 5.74) is 0. The molecule has 0 aliphatic rings. The lowest BCUT2D eigenvalue weighted by Crippen LogP contribution is -2.43. The lowest BCUT2D eigenvalue weighted by molar-refractivity contribution is -0.137. The highest BCUT2D eigenvalue weighted by molar-refractivity contribution is 7.99. The van der Waals surface area contributed by atoms with E-state index in [1.165, 1.54) is 0 Å². The van der Waals surface area contributed by atoms with Crippen LogP contribution in [0, 0.1) is 0 Å². The second-order valence-electron chi connectivity index (χ2n) is 3.33. The summed E-state index contributed by atoms with van der Waals surface area (Å²) in [5.74, 6) is 0.376. The molecule has 0 bridgehead atoms. The van der Waals surface area contributed by atoms with Crippen molar-refractivity contribution in [3.63, 3.8) is 0 Å². The predicted octanol–water partition coefficient (Wildman–Crippen LogP) is -0.370. The number of hydrogen-bond acceptors (Lipinski definition) is 4. The molecule has 7 nitrogen and oxygen atoms in total. The van der Waals surface area contributed by atoms with Crippen LogP contribution in [0.1, 0.15) is 13.3 Å². The number of thioether (sulfide) groups is 1. The molecule has 0 aromatic carbocycles. The zero-order valence-corrected chi connectivity index (χ0v) is 11.1. The van der Waals surface area contributed by atoms with E-state index in [0.29, 0.717) is 6.54 Å². The third kappa shape index (κ3) is 11.1. The Morgan fingerprint density at radius 3 is 2.44 bits per heavy atom. The van der Waals surface area contributed by atoms with Crippen LogP contribution < -0.4 is 16.0 Å². The lowest BCUT2D eigenvalue weighted by Gasteiger charge is -2.07. The molecule has 0 rings (SSSR count). The van der Waals surface area contributed by atoms with Crippen molar-refractivity contribution in [3.05, 3.63) is 0 Å². The van der Waals surface area contributed by atoms with Gasteiger partial charge < -0.3 is 21.1 Å². The van der Waals surface area contributed by atoms with E-state index in [4.69, 9.17) is 5.11 Å². The highest BCUT2D eigenvalue weighted by atomic mass is 32.2. The number of nitrogens with one attached hydrogen (secondary N) is 3. The van der Waals surface area contributed by atoms with E-state index >= 15 is 0 Å². The van der Waals surface area contributed by atoms with Gasteiger partial charge in [-0.05, 0) is 17.9 Å². The summed E-state index contributed by atoms with van der Waals surface area (Å²) in [5, 5.41) is 15.4. The second-order valence-corrected chi connectivity index (χ2v) is 4.72. The van der Waals surface area contributed by atoms with Gasteiger partial charge in [-0.2, -0.15) is 11.8 Å². The Labute approximate surface area is 110 Å². The minimum absolute atomic E-state index is 0.233. The maximum atomic E-state index is 11.2. The molecule has 18 heavy (non-hydrogen) atoms. The smallest absolute Gasteiger partial charge is 0.322 e. The molecule has 4 N–H and O–H groups in total. The highest BCUT2D eigenvalue weighted by Gasteiger charge is 2.05. The average Bonchev–Trinajstić information content (AvgIpc) is 2.33. The Morgan fingerprint density at radius 1 is 1.11 bits per heavy atom. The van der Waals surface area contributed by atoms with Crippen molar-refractivity contribution in [2.75, 3.05) is 31.1 Å². The van der Waals surface area contributed by atoms with E-state index in [1.54, 1.807) is 11.8 Å². The van der Waals surface area contributed by atoms with Crippen molar-refractivity contribution in [2.24, 2.45) is 0 Å². The van der Waals surface area contributed by atoms with E-state index in [2.05, 4.69) is 22.9 Å². The van der Waals surface area contributed by atoms with Crippen LogP contribution in [0.25, 0.3) is 0 Å². The van der Waals surface area contributed by atoms with Gasteiger partial charge in [0.2, 0.25) is 5.91 Å². The molecule has 0 spiro atoms. The van der Waals surface area contributed by atoms with Gasteiger partial charge in [-0.25, -0.2) is 4.79 Å². The zero-order valence-electron chi connectivity index (χ0n) is 10.3. The maximum absolute atomic E-state index is 11.2. The molecule has 0 heterocycles. The third-order valence-electron chi connectivity index (χ3n) is 1.80. The van der Waals surface area contributed by atoms with Gasteiger partial charge in [0.05, 0.1) is 6.54 Å². The van der Waals surface area contributed by atoms with Crippen LogP contribution in [-0.2, 0) is 9.59 Å². The molecular formula is C10H19N3O4S. The molecule has 0 radical (unpaired) electrons. The lowest BCUT2D eigenvalue weighted by atomic mass is 10.5. The van der Waals surface area contributed by atoms with Crippen LogP contribution >= 0.6 is 11.8 Å². The van der Waals surface area contributed by atoms with Crippen LogP contribution in [0.15, 0.2) is 0 Å². The SMILES string of the molecule is CCSCCCNC(=O)NCC(=O)NCC(=O)O. The molecule has 0 saturated carbocycles. The normalized spacial score (nSPS) is 9.61. The largest absolute Gasteiger partial charge is 0.480 e. The van der Waals surface area contributed by atoms with Crippen LogP contribution in [0.3, 0.4) is 0 Å². The Morgan fingerprint density at radius 2 is 1.83 bits per heavy atom. The van der Waals surface area contributed by atoms with Crippen molar-refractivity contribution < 1.29 is 19.5 Å². The summed E-state index contributed by atoms with van der Waals surface area (Å²) in [6.45, 7) is 1.94. The van der Waals surface area contributed by atoms with E-state index < -0.39 is 24.5 Å². The van der Waals surface area contributed by atoms with Crippen LogP contribution in [-0.4, -0.2) is 54.2 Å². The first kappa shape index (κ1) is 16.6. The summed E-state index contributed by atoms with van der Waals surface area (Å²) in [7, 11) is 0. The molecule has 0 aromatic heterocycles. The number of urea groups is 1. The molecule has 3 amide bonds. The summed E-state index contributed by atoms with van der Waals surface area (Å²) < 4.78 is 0. The quantitative estimate of drug-likeness (QED) is 0.430. The Kier molecular flexibility index (Phi) is 9.84. The zero-order chi connectivity index (χ0) is 13.8. The molecule has 8 heteroatoms. The highest BCUT2D eigenvalue weighted by Crippen LogP contribution is 1.99. The fourth-order valence-electron chi connectivity index (χ4n) is 0.980. The Hall–Kier alpha value is -1.44. The van der Waals surface area contributed by atoms with E-state index in [1.807, 2.05) is 0 Å². The average molecular weight is 277 g/mol. The van der Waals surface area contributed by atoms with E-state index in [0.717, 1.165) is 17.9 Å². The molecule has 0 atom stereocenters. The molecule has 0 unspecified atom stereocenters. The molecule has 104 valence electrons. The number of rotatable bonds is 9. The summed E-state index contributed by atoms with van der Waals surface area (Å²) in [6, 6.07) is -0.429. The Balaban J connectivity index is 3.46. The summed E-state index contributed by atoms with van der Waals surface area (Å²) >= 11 is 1.80. The third-order valence-corrected chi connectivity index (χ3v) is 2.79. The number of carboxylic acid groups (broad SMARTS) is 1. The van der Waals surface area contributed by atoms with Crippen molar-refractivity contribution in [2.45, 2.75) is 13.3 Å². The first-order valence-corrected chi connectivity index (χ1v) is 6.79. The van der Waals surface area contributed by atoms with Crippen molar-refractivity contribution >= 4 is 29.7 Å². The van der Waals surface area contributed by atoms with Gasteiger partial charge in [0.25, 0.3) is 0 Å². The summed E-state index contributed by atoms with van der Waals surface area (Å²) in [4.78, 5) is 32.4. The van der Waals surface area contributed by atoms with Crippen LogP contribution in [0.2, 0.25) is 0 Å². The molecule has 0 saturated heterocycles. The van der Waals surface area contributed by atoms with Gasteiger partial charge in [-0.1, -0.05) is 6.92 Å². The molecule has 0 fully saturated rings. The standard InChI is InChI=1S/C10H19N3O4S/c1-2-18-5-3-4-11-10(17)13-6-8(14)12-7-9(15)16/h2-7H2,1H3,(H,12,14)(H,15,16)(H2,11,13,17). The van der Waals surface area contributed by atoms with E-state index in [9.17, 15) is 14.4 Å². The number of carbonyl (C=O) groups is 3. The van der Waals surface area contributed by atoms with Gasteiger partial charge in [0.1, 0.15) is 6.54 Å².